The van der Waals surface area contributed by atoms with E-state index in [0.717, 1.165) is 27.4 Å². The average molecular weight is 407 g/mol. The first-order valence-corrected chi connectivity index (χ1v) is 10.2. The van der Waals surface area contributed by atoms with Crippen molar-refractivity contribution in [1.82, 2.24) is 15.3 Å². The molecule has 3 aromatic carbocycles. The van der Waals surface area contributed by atoms with Crippen molar-refractivity contribution in [2.75, 3.05) is 6.54 Å². The number of nitrogens with one attached hydrogen (secondary N) is 3. The van der Waals surface area contributed by atoms with Gasteiger partial charge >= 0.3 is 0 Å². The highest BCUT2D eigenvalue weighted by molar-refractivity contribution is 5.96. The molecule has 2 aromatic heterocycles. The molecule has 0 aliphatic rings. The predicted octanol–water partition coefficient (Wildman–Crippen LogP) is 4.57. The highest BCUT2D eigenvalue weighted by atomic mass is 16.2. The van der Waals surface area contributed by atoms with Crippen LogP contribution in [0.4, 0.5) is 0 Å². The Kier molecular flexibility index (Phi) is 4.84. The van der Waals surface area contributed by atoms with Crippen LogP contribution in [-0.2, 0) is 0 Å². The van der Waals surface area contributed by atoms with E-state index in [1.165, 1.54) is 0 Å². The van der Waals surface area contributed by atoms with E-state index in [1.54, 1.807) is 12.1 Å². The molecule has 0 aliphatic heterocycles. The van der Waals surface area contributed by atoms with E-state index in [0.29, 0.717) is 11.9 Å². The van der Waals surface area contributed by atoms with E-state index in [4.69, 9.17) is 0 Å². The Hall–Kier alpha value is -4.12. The minimum absolute atomic E-state index is 0.0338. The van der Waals surface area contributed by atoms with Crippen molar-refractivity contribution in [3.63, 3.8) is 0 Å². The predicted molar refractivity (Wildman–Crippen MR) is 123 cm³/mol. The SMILES string of the molecule is O=C(NC[C@H](c1ccccc1)c1c[nH]c2ccccc12)c1cc2ccccc2c(=O)[nH]1. The van der Waals surface area contributed by atoms with E-state index in [-0.39, 0.29) is 23.1 Å². The molecule has 1 atom stereocenters. The molecule has 0 bridgehead atoms. The first-order chi connectivity index (χ1) is 15.2. The smallest absolute Gasteiger partial charge is 0.267 e. The van der Waals surface area contributed by atoms with E-state index >= 15 is 0 Å². The lowest BCUT2D eigenvalue weighted by atomic mass is 9.91. The van der Waals surface area contributed by atoms with Gasteiger partial charge in [0.05, 0.1) is 0 Å². The van der Waals surface area contributed by atoms with Crippen LogP contribution in [0.5, 0.6) is 0 Å². The summed E-state index contributed by atoms with van der Waals surface area (Å²) in [6.07, 6.45) is 2.01. The lowest BCUT2D eigenvalue weighted by molar-refractivity contribution is 0.0947. The van der Waals surface area contributed by atoms with Gasteiger partial charge in [-0.3, -0.25) is 9.59 Å². The number of aromatic amines is 2. The molecule has 2 heterocycles. The van der Waals surface area contributed by atoms with Crippen LogP contribution in [0.15, 0.2) is 95.9 Å². The van der Waals surface area contributed by atoms with Gasteiger partial charge in [0.15, 0.2) is 0 Å². The number of hydrogen-bond donors (Lipinski definition) is 3. The van der Waals surface area contributed by atoms with Crippen molar-refractivity contribution >= 4 is 27.6 Å². The molecular formula is C26H21N3O2. The zero-order chi connectivity index (χ0) is 21.2. The van der Waals surface area contributed by atoms with E-state index in [2.05, 4.69) is 33.5 Å². The number of amides is 1. The normalized spacial score (nSPS) is 12.1. The second kappa shape index (κ2) is 7.95. The summed E-state index contributed by atoms with van der Waals surface area (Å²) in [5.41, 5.74) is 3.28. The summed E-state index contributed by atoms with van der Waals surface area (Å²) in [7, 11) is 0. The van der Waals surface area contributed by atoms with Gasteiger partial charge in [-0.25, -0.2) is 0 Å². The maximum absolute atomic E-state index is 12.9. The number of aromatic nitrogens is 2. The molecule has 5 aromatic rings. The van der Waals surface area contributed by atoms with Gasteiger partial charge in [0.2, 0.25) is 0 Å². The Balaban J connectivity index is 1.47. The summed E-state index contributed by atoms with van der Waals surface area (Å²) in [6, 6.07) is 27.2. The molecule has 152 valence electrons. The monoisotopic (exact) mass is 407 g/mol. The summed E-state index contributed by atoms with van der Waals surface area (Å²) in [5.74, 6) is -0.336. The van der Waals surface area contributed by atoms with Crippen LogP contribution in [0.3, 0.4) is 0 Å². The standard InChI is InChI=1S/C26H21N3O2/c30-25-19-11-5-4-10-18(19)14-24(29-25)26(31)28-15-21(17-8-2-1-3-9-17)22-16-27-23-13-7-6-12-20(22)23/h1-14,16,21,27H,15H2,(H,28,31)(H,29,30)/t21-/m1/s1. The molecule has 0 radical (unpaired) electrons. The van der Waals surface area contributed by atoms with Crippen molar-refractivity contribution in [3.8, 4) is 0 Å². The van der Waals surface area contributed by atoms with Crippen LogP contribution in [0.1, 0.15) is 27.5 Å². The van der Waals surface area contributed by atoms with Crippen LogP contribution in [-0.4, -0.2) is 22.4 Å². The molecule has 0 saturated carbocycles. The van der Waals surface area contributed by atoms with Crippen molar-refractivity contribution < 1.29 is 4.79 Å². The third-order valence-electron chi connectivity index (χ3n) is 5.66. The molecule has 0 fully saturated rings. The summed E-state index contributed by atoms with van der Waals surface area (Å²) in [5, 5.41) is 5.46. The zero-order valence-electron chi connectivity index (χ0n) is 16.8. The Morgan fingerprint density at radius 2 is 1.58 bits per heavy atom. The number of carbonyl (C=O) groups excluding carboxylic acids is 1. The number of hydrogen-bond acceptors (Lipinski definition) is 2. The Morgan fingerprint density at radius 3 is 2.42 bits per heavy atom. The van der Waals surface area contributed by atoms with E-state index in [9.17, 15) is 9.59 Å². The lowest BCUT2D eigenvalue weighted by Gasteiger charge is -2.18. The third kappa shape index (κ3) is 3.62. The van der Waals surface area contributed by atoms with Crippen LogP contribution < -0.4 is 10.9 Å². The first-order valence-electron chi connectivity index (χ1n) is 10.2. The second-order valence-electron chi connectivity index (χ2n) is 7.56. The number of fused-ring (bicyclic) bond motifs is 2. The number of para-hydroxylation sites is 1. The third-order valence-corrected chi connectivity index (χ3v) is 5.66. The van der Waals surface area contributed by atoms with Gasteiger partial charge < -0.3 is 15.3 Å². The van der Waals surface area contributed by atoms with Crippen LogP contribution >= 0.6 is 0 Å². The number of pyridine rings is 1. The lowest BCUT2D eigenvalue weighted by Crippen LogP contribution is -2.30. The molecule has 0 aliphatic carbocycles. The van der Waals surface area contributed by atoms with Gasteiger partial charge in [0.1, 0.15) is 5.69 Å². The van der Waals surface area contributed by atoms with Gasteiger partial charge in [-0.1, -0.05) is 66.7 Å². The van der Waals surface area contributed by atoms with Crippen molar-refractivity contribution in [2.45, 2.75) is 5.92 Å². The number of carbonyl (C=O) groups is 1. The quantitative estimate of drug-likeness (QED) is 0.399. The summed E-state index contributed by atoms with van der Waals surface area (Å²) in [4.78, 5) is 31.3. The zero-order valence-corrected chi connectivity index (χ0v) is 16.8. The molecule has 5 nitrogen and oxygen atoms in total. The fraction of sp³-hybridized carbons (Fsp3) is 0.0769. The molecule has 3 N–H and O–H groups in total. The summed E-state index contributed by atoms with van der Waals surface area (Å²) in [6.45, 7) is 0.402. The number of benzene rings is 3. The second-order valence-corrected chi connectivity index (χ2v) is 7.56. The maximum Gasteiger partial charge on any atom is 0.267 e. The highest BCUT2D eigenvalue weighted by Gasteiger charge is 2.19. The topological polar surface area (TPSA) is 77.8 Å². The van der Waals surface area contributed by atoms with Gasteiger partial charge in [0.25, 0.3) is 11.5 Å². The summed E-state index contributed by atoms with van der Waals surface area (Å²) >= 11 is 0. The Bertz CT molecular complexity index is 1430. The molecular weight excluding hydrogens is 386 g/mol. The van der Waals surface area contributed by atoms with Crippen LogP contribution in [0.25, 0.3) is 21.7 Å². The molecule has 0 spiro atoms. The highest BCUT2D eigenvalue weighted by Crippen LogP contribution is 2.30. The molecule has 0 unspecified atom stereocenters. The number of rotatable bonds is 5. The summed E-state index contributed by atoms with van der Waals surface area (Å²) < 4.78 is 0. The maximum atomic E-state index is 12.9. The largest absolute Gasteiger partial charge is 0.361 e. The van der Waals surface area contributed by atoms with Gasteiger partial charge in [-0.2, -0.15) is 0 Å². The first kappa shape index (κ1) is 18.9. The van der Waals surface area contributed by atoms with Crippen molar-refractivity contribution in [2.24, 2.45) is 0 Å². The van der Waals surface area contributed by atoms with E-state index in [1.807, 2.05) is 60.8 Å². The Morgan fingerprint density at radius 1 is 0.871 bits per heavy atom. The molecule has 31 heavy (non-hydrogen) atoms. The molecule has 1 amide bonds. The Labute approximate surface area is 178 Å². The van der Waals surface area contributed by atoms with Crippen molar-refractivity contribution in [1.29, 1.82) is 0 Å². The van der Waals surface area contributed by atoms with Gasteiger partial charge in [-0.05, 0) is 34.7 Å². The average Bonchev–Trinajstić information content (AvgIpc) is 3.24. The van der Waals surface area contributed by atoms with Crippen LogP contribution in [0.2, 0.25) is 0 Å². The molecule has 5 heteroatoms. The fourth-order valence-corrected chi connectivity index (χ4v) is 4.10. The van der Waals surface area contributed by atoms with Gasteiger partial charge in [-0.15, -0.1) is 0 Å². The van der Waals surface area contributed by atoms with Crippen LogP contribution in [0, 0.1) is 0 Å². The number of H-pyrrole nitrogens is 2. The van der Waals surface area contributed by atoms with E-state index < -0.39 is 0 Å². The molecule has 0 saturated heterocycles. The molecule has 5 rings (SSSR count). The minimum Gasteiger partial charge on any atom is -0.361 e. The van der Waals surface area contributed by atoms with Gasteiger partial charge in [0, 0.05) is 34.9 Å². The van der Waals surface area contributed by atoms with Crippen molar-refractivity contribution in [3.05, 3.63) is 118 Å². The minimum atomic E-state index is -0.302. The fourth-order valence-electron chi connectivity index (χ4n) is 4.10.